The minimum atomic E-state index is -2.93. The monoisotopic (exact) mass is 387 g/mol. The number of rotatable bonds is 7. The second-order valence-electron chi connectivity index (χ2n) is 6.13. The third-order valence-corrected chi connectivity index (χ3v) is 5.18. The third-order valence-electron chi connectivity index (χ3n) is 3.86. The SMILES string of the molecule is CCNC(=NCCCS(C)(=O)=O)NC1CCN(c2ncccc2Cl)C1. The Hall–Kier alpha value is -1.54. The standard InChI is InChI=1S/C16H26ClN5O2S/c1-3-18-16(20-9-5-11-25(2,23)24)21-13-7-10-22(12-13)15-14(17)6-4-8-19-15/h4,6,8,13H,3,5,7,9-12H2,1-2H3,(H2,18,20,21). The fourth-order valence-electron chi connectivity index (χ4n) is 2.71. The molecule has 2 rings (SSSR count). The van der Waals surface area contributed by atoms with Crippen molar-refractivity contribution < 1.29 is 8.42 Å². The molecule has 1 unspecified atom stereocenters. The second-order valence-corrected chi connectivity index (χ2v) is 8.80. The number of halogens is 1. The van der Waals surface area contributed by atoms with Crippen molar-refractivity contribution in [1.29, 1.82) is 0 Å². The summed E-state index contributed by atoms with van der Waals surface area (Å²) in [4.78, 5) is 11.0. The van der Waals surface area contributed by atoms with Crippen molar-refractivity contribution >= 4 is 33.2 Å². The van der Waals surface area contributed by atoms with Crippen molar-refractivity contribution in [1.82, 2.24) is 15.6 Å². The summed E-state index contributed by atoms with van der Waals surface area (Å²) < 4.78 is 22.4. The minimum Gasteiger partial charge on any atom is -0.357 e. The Morgan fingerprint density at radius 2 is 2.32 bits per heavy atom. The maximum absolute atomic E-state index is 11.2. The number of guanidine groups is 1. The van der Waals surface area contributed by atoms with Crippen LogP contribution >= 0.6 is 11.6 Å². The lowest BCUT2D eigenvalue weighted by atomic mass is 10.3. The van der Waals surface area contributed by atoms with E-state index in [0.29, 0.717) is 18.0 Å². The quantitative estimate of drug-likeness (QED) is 0.416. The molecule has 9 heteroatoms. The molecular formula is C16H26ClN5O2S. The van der Waals surface area contributed by atoms with Gasteiger partial charge in [0.25, 0.3) is 0 Å². The predicted octanol–water partition coefficient (Wildman–Crippen LogP) is 1.30. The number of hydrogen-bond donors (Lipinski definition) is 2. The van der Waals surface area contributed by atoms with E-state index >= 15 is 0 Å². The van der Waals surface area contributed by atoms with Crippen molar-refractivity contribution in [2.24, 2.45) is 4.99 Å². The zero-order valence-corrected chi connectivity index (χ0v) is 16.3. The van der Waals surface area contributed by atoms with Crippen LogP contribution < -0.4 is 15.5 Å². The highest BCUT2D eigenvalue weighted by atomic mass is 35.5. The van der Waals surface area contributed by atoms with E-state index in [1.54, 1.807) is 6.20 Å². The average molecular weight is 388 g/mol. The van der Waals surface area contributed by atoms with Gasteiger partial charge in [0.1, 0.15) is 15.7 Å². The van der Waals surface area contributed by atoms with Crippen LogP contribution in [0.2, 0.25) is 5.02 Å². The Morgan fingerprint density at radius 3 is 3.00 bits per heavy atom. The van der Waals surface area contributed by atoms with Crippen molar-refractivity contribution in [2.45, 2.75) is 25.8 Å². The average Bonchev–Trinajstić information content (AvgIpc) is 2.99. The topological polar surface area (TPSA) is 86.7 Å². The maximum Gasteiger partial charge on any atom is 0.191 e. The molecule has 1 aliphatic heterocycles. The summed E-state index contributed by atoms with van der Waals surface area (Å²) in [7, 11) is -2.93. The molecule has 1 aliphatic rings. The van der Waals surface area contributed by atoms with Gasteiger partial charge >= 0.3 is 0 Å². The Balaban J connectivity index is 1.89. The van der Waals surface area contributed by atoms with E-state index in [2.05, 4.69) is 25.5 Å². The number of anilines is 1. The third kappa shape index (κ3) is 6.70. The van der Waals surface area contributed by atoms with Gasteiger partial charge in [0, 0.05) is 44.7 Å². The van der Waals surface area contributed by atoms with E-state index in [0.717, 1.165) is 37.8 Å². The van der Waals surface area contributed by atoms with Crippen molar-refractivity contribution in [2.75, 3.05) is 43.1 Å². The number of nitrogens with one attached hydrogen (secondary N) is 2. The molecule has 0 saturated carbocycles. The number of hydrogen-bond acceptors (Lipinski definition) is 5. The summed E-state index contributed by atoms with van der Waals surface area (Å²) in [6.07, 6.45) is 4.47. The number of pyridine rings is 1. The summed E-state index contributed by atoms with van der Waals surface area (Å²) in [5.41, 5.74) is 0. The highest BCUT2D eigenvalue weighted by molar-refractivity contribution is 7.90. The first-order chi connectivity index (χ1) is 11.9. The Labute approximate surface area is 154 Å². The van der Waals surface area contributed by atoms with Gasteiger partial charge in [-0.1, -0.05) is 11.6 Å². The molecule has 1 atom stereocenters. The van der Waals surface area contributed by atoms with Crippen LogP contribution in [0.25, 0.3) is 0 Å². The van der Waals surface area contributed by atoms with Crippen LogP contribution in [-0.4, -0.2) is 63.6 Å². The largest absolute Gasteiger partial charge is 0.357 e. The molecule has 2 heterocycles. The molecule has 0 bridgehead atoms. The van der Waals surface area contributed by atoms with Gasteiger partial charge in [0.2, 0.25) is 0 Å². The summed E-state index contributed by atoms with van der Waals surface area (Å²) in [5.74, 6) is 1.68. The summed E-state index contributed by atoms with van der Waals surface area (Å²) in [5, 5.41) is 7.27. The van der Waals surface area contributed by atoms with Crippen molar-refractivity contribution in [3.63, 3.8) is 0 Å². The molecular weight excluding hydrogens is 362 g/mol. The predicted molar refractivity (Wildman–Crippen MR) is 103 cm³/mol. The van der Waals surface area contributed by atoms with Crippen LogP contribution in [0.1, 0.15) is 19.8 Å². The minimum absolute atomic E-state index is 0.158. The lowest BCUT2D eigenvalue weighted by molar-refractivity contribution is 0.599. The maximum atomic E-state index is 11.2. The fourth-order valence-corrected chi connectivity index (χ4v) is 3.61. The molecule has 0 aromatic carbocycles. The molecule has 0 radical (unpaired) electrons. The Morgan fingerprint density at radius 1 is 1.52 bits per heavy atom. The van der Waals surface area contributed by atoms with Gasteiger partial charge in [0.15, 0.2) is 5.96 Å². The highest BCUT2D eigenvalue weighted by Crippen LogP contribution is 2.25. The van der Waals surface area contributed by atoms with Crippen molar-refractivity contribution in [3.8, 4) is 0 Å². The van der Waals surface area contributed by atoms with E-state index < -0.39 is 9.84 Å². The molecule has 0 amide bonds. The number of nitrogens with zero attached hydrogens (tertiary/aromatic N) is 3. The van der Waals surface area contributed by atoms with E-state index in [9.17, 15) is 8.42 Å². The zero-order valence-electron chi connectivity index (χ0n) is 14.7. The first kappa shape index (κ1) is 19.8. The van der Waals surface area contributed by atoms with Gasteiger partial charge in [-0.05, 0) is 31.9 Å². The van der Waals surface area contributed by atoms with Gasteiger partial charge in [-0.25, -0.2) is 13.4 Å². The Bertz CT molecular complexity index is 696. The number of aromatic nitrogens is 1. The molecule has 7 nitrogen and oxygen atoms in total. The Kier molecular flexibility index (Phi) is 7.31. The van der Waals surface area contributed by atoms with E-state index in [1.165, 1.54) is 6.26 Å². The molecule has 1 aromatic heterocycles. The molecule has 25 heavy (non-hydrogen) atoms. The van der Waals surface area contributed by atoms with Crippen LogP contribution in [0, 0.1) is 0 Å². The summed E-state index contributed by atoms with van der Waals surface area (Å²) >= 11 is 6.22. The van der Waals surface area contributed by atoms with Gasteiger partial charge in [-0.2, -0.15) is 0 Å². The van der Waals surface area contributed by atoms with Gasteiger partial charge < -0.3 is 15.5 Å². The number of sulfone groups is 1. The highest BCUT2D eigenvalue weighted by Gasteiger charge is 2.25. The molecule has 0 spiro atoms. The summed E-state index contributed by atoms with van der Waals surface area (Å²) in [6, 6.07) is 3.91. The van der Waals surface area contributed by atoms with Crippen molar-refractivity contribution in [3.05, 3.63) is 23.4 Å². The van der Waals surface area contributed by atoms with E-state index in [-0.39, 0.29) is 11.8 Å². The van der Waals surface area contributed by atoms with Gasteiger partial charge in [-0.3, -0.25) is 4.99 Å². The van der Waals surface area contributed by atoms with E-state index in [4.69, 9.17) is 11.6 Å². The van der Waals surface area contributed by atoms with Crippen LogP contribution in [-0.2, 0) is 9.84 Å². The van der Waals surface area contributed by atoms with E-state index in [1.807, 2.05) is 19.1 Å². The first-order valence-corrected chi connectivity index (χ1v) is 10.9. The fraction of sp³-hybridized carbons (Fsp3) is 0.625. The molecule has 140 valence electrons. The van der Waals surface area contributed by atoms with Crippen LogP contribution in [0.4, 0.5) is 5.82 Å². The molecule has 0 aliphatic carbocycles. The van der Waals surface area contributed by atoms with Crippen LogP contribution in [0.5, 0.6) is 0 Å². The first-order valence-electron chi connectivity index (χ1n) is 8.47. The lowest BCUT2D eigenvalue weighted by Gasteiger charge is -2.20. The molecule has 1 fully saturated rings. The second kappa shape index (κ2) is 9.24. The molecule has 2 N–H and O–H groups in total. The van der Waals surface area contributed by atoms with Gasteiger partial charge in [-0.15, -0.1) is 0 Å². The molecule has 1 aromatic rings. The normalized spacial score (nSPS) is 18.4. The van der Waals surface area contributed by atoms with Crippen LogP contribution in [0.15, 0.2) is 23.3 Å². The van der Waals surface area contributed by atoms with Gasteiger partial charge in [0.05, 0.1) is 10.8 Å². The lowest BCUT2D eigenvalue weighted by Crippen LogP contribution is -2.44. The zero-order chi connectivity index (χ0) is 18.3. The number of aliphatic imine (C=N–C) groups is 1. The van der Waals surface area contributed by atoms with Crippen LogP contribution in [0.3, 0.4) is 0 Å². The molecule has 1 saturated heterocycles. The smallest absolute Gasteiger partial charge is 0.191 e. The summed E-state index contributed by atoms with van der Waals surface area (Å²) in [6.45, 7) is 4.90.